The van der Waals surface area contributed by atoms with Crippen molar-refractivity contribution in [2.75, 3.05) is 6.54 Å². The van der Waals surface area contributed by atoms with E-state index in [9.17, 15) is 14.4 Å². The SMILES string of the molecule is O=C(Cn1c(=O)[nH]c(=O)c2ccccc21)NCCCC1CCCCC1. The van der Waals surface area contributed by atoms with Crippen LogP contribution in [0.15, 0.2) is 33.9 Å². The van der Waals surface area contributed by atoms with Crippen molar-refractivity contribution in [3.8, 4) is 0 Å². The molecule has 6 nitrogen and oxygen atoms in total. The number of amides is 1. The van der Waals surface area contributed by atoms with Crippen molar-refractivity contribution in [1.29, 1.82) is 0 Å². The topological polar surface area (TPSA) is 84.0 Å². The Labute approximate surface area is 146 Å². The van der Waals surface area contributed by atoms with E-state index >= 15 is 0 Å². The van der Waals surface area contributed by atoms with Crippen LogP contribution in [0.2, 0.25) is 0 Å². The second-order valence-electron chi connectivity index (χ2n) is 6.86. The molecule has 0 radical (unpaired) electrons. The molecule has 1 heterocycles. The van der Waals surface area contributed by atoms with Gasteiger partial charge in [0.15, 0.2) is 0 Å². The van der Waals surface area contributed by atoms with E-state index in [0.29, 0.717) is 17.4 Å². The highest BCUT2D eigenvalue weighted by Gasteiger charge is 2.13. The molecule has 2 N–H and O–H groups in total. The summed E-state index contributed by atoms with van der Waals surface area (Å²) in [5, 5.41) is 3.30. The van der Waals surface area contributed by atoms with Gasteiger partial charge in [-0.2, -0.15) is 0 Å². The first-order valence-corrected chi connectivity index (χ1v) is 9.14. The van der Waals surface area contributed by atoms with E-state index in [1.807, 2.05) is 0 Å². The second-order valence-corrected chi connectivity index (χ2v) is 6.86. The summed E-state index contributed by atoms with van der Waals surface area (Å²) in [5.74, 6) is 0.597. The summed E-state index contributed by atoms with van der Waals surface area (Å²) in [6.07, 6.45) is 8.77. The molecule has 25 heavy (non-hydrogen) atoms. The van der Waals surface area contributed by atoms with E-state index in [1.54, 1.807) is 24.3 Å². The molecule has 134 valence electrons. The van der Waals surface area contributed by atoms with Crippen molar-refractivity contribution in [2.24, 2.45) is 5.92 Å². The monoisotopic (exact) mass is 343 g/mol. The largest absolute Gasteiger partial charge is 0.355 e. The fourth-order valence-electron chi connectivity index (χ4n) is 3.69. The standard InChI is InChI=1S/C19H25N3O3/c23-17(20-12-6-9-14-7-2-1-3-8-14)13-22-16-11-5-4-10-15(16)18(24)21-19(22)25/h4-5,10-11,14H,1-3,6-9,12-13H2,(H,20,23)(H,21,24,25). The minimum Gasteiger partial charge on any atom is -0.355 e. The molecule has 1 aromatic carbocycles. The number of H-pyrrole nitrogens is 1. The molecule has 1 aromatic heterocycles. The van der Waals surface area contributed by atoms with Crippen LogP contribution in [0.5, 0.6) is 0 Å². The normalized spacial score (nSPS) is 15.4. The molecule has 1 aliphatic rings. The Morgan fingerprint density at radius 3 is 2.72 bits per heavy atom. The van der Waals surface area contributed by atoms with Crippen LogP contribution in [0.3, 0.4) is 0 Å². The zero-order chi connectivity index (χ0) is 17.6. The fraction of sp³-hybridized carbons (Fsp3) is 0.526. The average Bonchev–Trinajstić information content (AvgIpc) is 2.63. The predicted octanol–water partition coefficient (Wildman–Crippen LogP) is 2.17. The number of nitrogens with one attached hydrogen (secondary N) is 2. The lowest BCUT2D eigenvalue weighted by Crippen LogP contribution is -2.36. The summed E-state index contributed by atoms with van der Waals surface area (Å²) in [7, 11) is 0. The van der Waals surface area contributed by atoms with Crippen molar-refractivity contribution in [3.63, 3.8) is 0 Å². The highest BCUT2D eigenvalue weighted by atomic mass is 16.2. The van der Waals surface area contributed by atoms with E-state index in [4.69, 9.17) is 0 Å². The van der Waals surface area contributed by atoms with Crippen molar-refractivity contribution in [1.82, 2.24) is 14.9 Å². The molecular formula is C19H25N3O3. The van der Waals surface area contributed by atoms with Gasteiger partial charge < -0.3 is 5.32 Å². The van der Waals surface area contributed by atoms with Gasteiger partial charge in [0, 0.05) is 6.54 Å². The van der Waals surface area contributed by atoms with Crippen LogP contribution >= 0.6 is 0 Å². The molecule has 0 bridgehead atoms. The first-order valence-electron chi connectivity index (χ1n) is 9.14. The third-order valence-corrected chi connectivity index (χ3v) is 5.04. The number of nitrogens with zero attached hydrogens (tertiary/aromatic N) is 1. The third-order valence-electron chi connectivity index (χ3n) is 5.04. The molecule has 0 saturated heterocycles. The molecule has 1 saturated carbocycles. The maximum absolute atomic E-state index is 12.2. The minimum atomic E-state index is -0.555. The van der Waals surface area contributed by atoms with E-state index in [1.165, 1.54) is 36.7 Å². The Kier molecular flexibility index (Phi) is 5.68. The summed E-state index contributed by atoms with van der Waals surface area (Å²) < 4.78 is 1.31. The molecule has 3 rings (SSSR count). The Morgan fingerprint density at radius 2 is 1.92 bits per heavy atom. The highest BCUT2D eigenvalue weighted by molar-refractivity contribution is 5.81. The van der Waals surface area contributed by atoms with Crippen LogP contribution in [-0.4, -0.2) is 22.0 Å². The van der Waals surface area contributed by atoms with Gasteiger partial charge in [-0.15, -0.1) is 0 Å². The zero-order valence-electron chi connectivity index (χ0n) is 14.4. The van der Waals surface area contributed by atoms with Crippen LogP contribution in [-0.2, 0) is 11.3 Å². The van der Waals surface area contributed by atoms with Gasteiger partial charge in [0.2, 0.25) is 5.91 Å². The Balaban J connectivity index is 1.57. The Morgan fingerprint density at radius 1 is 1.16 bits per heavy atom. The molecule has 0 spiro atoms. The van der Waals surface area contributed by atoms with Crippen LogP contribution in [0.1, 0.15) is 44.9 Å². The highest BCUT2D eigenvalue weighted by Crippen LogP contribution is 2.26. The number of rotatable bonds is 6. The number of benzene rings is 1. The number of hydrogen-bond acceptors (Lipinski definition) is 3. The molecule has 2 aromatic rings. The number of hydrogen-bond donors (Lipinski definition) is 2. The maximum atomic E-state index is 12.2. The van der Waals surface area contributed by atoms with Gasteiger partial charge in [0.25, 0.3) is 5.56 Å². The van der Waals surface area contributed by atoms with Crippen molar-refractivity contribution >= 4 is 16.8 Å². The smallest absolute Gasteiger partial charge is 0.329 e. The van der Waals surface area contributed by atoms with E-state index in [-0.39, 0.29) is 12.5 Å². The Bertz CT molecular complexity index is 847. The quantitative estimate of drug-likeness (QED) is 0.789. The maximum Gasteiger partial charge on any atom is 0.329 e. The fourth-order valence-corrected chi connectivity index (χ4v) is 3.69. The van der Waals surface area contributed by atoms with Gasteiger partial charge in [-0.3, -0.25) is 19.1 Å². The van der Waals surface area contributed by atoms with Crippen LogP contribution in [0, 0.1) is 5.92 Å². The average molecular weight is 343 g/mol. The van der Waals surface area contributed by atoms with Gasteiger partial charge in [-0.1, -0.05) is 44.2 Å². The van der Waals surface area contributed by atoms with Gasteiger partial charge in [0.05, 0.1) is 10.9 Å². The first kappa shape index (κ1) is 17.5. The molecule has 1 fully saturated rings. The van der Waals surface area contributed by atoms with Crippen LogP contribution < -0.4 is 16.6 Å². The van der Waals surface area contributed by atoms with E-state index in [2.05, 4.69) is 10.3 Å². The summed E-state index contributed by atoms with van der Waals surface area (Å²) in [6, 6.07) is 6.81. The molecule has 6 heteroatoms. The van der Waals surface area contributed by atoms with Gasteiger partial charge >= 0.3 is 5.69 Å². The number of aromatic amines is 1. The summed E-state index contributed by atoms with van der Waals surface area (Å²) >= 11 is 0. The molecule has 0 unspecified atom stereocenters. The number of aromatic nitrogens is 2. The Hall–Kier alpha value is -2.37. The summed E-state index contributed by atoms with van der Waals surface area (Å²) in [6.45, 7) is 0.547. The molecule has 1 aliphatic carbocycles. The van der Waals surface area contributed by atoms with Crippen molar-refractivity contribution in [2.45, 2.75) is 51.5 Å². The number of carbonyl (C=O) groups is 1. The molecule has 0 atom stereocenters. The van der Waals surface area contributed by atoms with Crippen molar-refractivity contribution < 1.29 is 4.79 Å². The summed E-state index contributed by atoms with van der Waals surface area (Å²) in [4.78, 5) is 38.3. The molecule has 1 amide bonds. The van der Waals surface area contributed by atoms with Crippen molar-refractivity contribution in [3.05, 3.63) is 45.1 Å². The zero-order valence-corrected chi connectivity index (χ0v) is 14.4. The molecule has 0 aliphatic heterocycles. The minimum absolute atomic E-state index is 0.0838. The van der Waals surface area contributed by atoms with Gasteiger partial charge in [-0.05, 0) is 30.9 Å². The number of carbonyl (C=O) groups excluding carboxylic acids is 1. The van der Waals surface area contributed by atoms with E-state index < -0.39 is 11.2 Å². The van der Waals surface area contributed by atoms with Gasteiger partial charge in [-0.25, -0.2) is 4.79 Å². The lowest BCUT2D eigenvalue weighted by molar-refractivity contribution is -0.121. The van der Waals surface area contributed by atoms with E-state index in [0.717, 1.165) is 18.8 Å². The van der Waals surface area contributed by atoms with Crippen LogP contribution in [0.25, 0.3) is 10.9 Å². The third kappa shape index (κ3) is 4.38. The van der Waals surface area contributed by atoms with Gasteiger partial charge in [0.1, 0.15) is 6.54 Å². The van der Waals surface area contributed by atoms with Crippen LogP contribution in [0.4, 0.5) is 0 Å². The summed E-state index contributed by atoms with van der Waals surface area (Å²) in [5.41, 5.74) is -0.501. The lowest BCUT2D eigenvalue weighted by Gasteiger charge is -2.21. The molecular weight excluding hydrogens is 318 g/mol. The first-order chi connectivity index (χ1) is 12.1. The second kappa shape index (κ2) is 8.14. The number of fused-ring (bicyclic) bond motifs is 1. The predicted molar refractivity (Wildman–Crippen MR) is 97.6 cm³/mol. The lowest BCUT2D eigenvalue weighted by atomic mass is 9.86. The number of para-hydroxylation sites is 1.